The monoisotopic (exact) mass is 1340 g/mol. The van der Waals surface area contributed by atoms with Crippen LogP contribution < -0.4 is 22.8 Å². The highest BCUT2D eigenvalue weighted by Gasteiger charge is 2.31. The van der Waals surface area contributed by atoms with Gasteiger partial charge in [-0.25, -0.2) is 22.8 Å². The van der Waals surface area contributed by atoms with Crippen molar-refractivity contribution in [1.82, 2.24) is 0 Å². The van der Waals surface area contributed by atoms with Gasteiger partial charge in [-0.15, -0.1) is 0 Å². The summed E-state index contributed by atoms with van der Waals surface area (Å²) in [6.07, 6.45) is 10.6. The molecule has 5 nitrogen and oxygen atoms in total. The minimum atomic E-state index is -2.13. The number of hydrogen-bond acceptors (Lipinski definition) is 0. The van der Waals surface area contributed by atoms with E-state index in [1.165, 1.54) is 89.4 Å². The molecule has 10 rings (SSSR count). The van der Waals surface area contributed by atoms with E-state index in [2.05, 4.69) is 264 Å². The van der Waals surface area contributed by atoms with Crippen LogP contribution in [0.1, 0.15) is 260 Å². The summed E-state index contributed by atoms with van der Waals surface area (Å²) in [5.41, 5.74) is 29.7. The Hall–Kier alpha value is -8.15. The summed E-state index contributed by atoms with van der Waals surface area (Å²) in [6, 6.07) is 50.0. The van der Waals surface area contributed by atoms with Crippen LogP contribution >= 0.6 is 0 Å². The molecule has 0 aliphatic rings. The molecule has 0 atom stereocenters. The van der Waals surface area contributed by atoms with Crippen LogP contribution in [0.3, 0.4) is 0 Å². The molecule has 0 spiro atoms. The molecule has 0 aliphatic carbocycles. The number of aryl methyl sites for hydroxylation is 13. The topological polar surface area (TPSA) is 19.4 Å². The first-order valence-corrected chi connectivity index (χ1v) is 35.5. The van der Waals surface area contributed by atoms with Gasteiger partial charge in [0, 0.05) is 96.9 Å². The Morgan fingerprint density at radius 1 is 0.283 bits per heavy atom. The third-order valence-electron chi connectivity index (χ3n) is 18.9. The van der Waals surface area contributed by atoms with E-state index in [1.54, 1.807) is 12.1 Å². The summed E-state index contributed by atoms with van der Waals surface area (Å²) in [5, 5.41) is 0. The van der Waals surface area contributed by atoms with Crippen LogP contribution in [0.5, 0.6) is 0 Å². The van der Waals surface area contributed by atoms with Crippen molar-refractivity contribution in [2.45, 2.75) is 226 Å². The van der Waals surface area contributed by atoms with Crippen LogP contribution in [0.15, 0.2) is 177 Å². The fraction of sp³-hybridized carbons (Fsp3) is 0.415. The lowest BCUT2D eigenvalue weighted by Crippen LogP contribution is -2.36. The third-order valence-corrected chi connectivity index (χ3v) is 18.9. The summed E-state index contributed by atoms with van der Waals surface area (Å²) < 4.78 is 75.5. The van der Waals surface area contributed by atoms with Crippen molar-refractivity contribution >= 4 is 0 Å². The quantitative estimate of drug-likeness (QED) is 0.115. The molecule has 0 radical (unpaired) electrons. The van der Waals surface area contributed by atoms with Gasteiger partial charge in [0.15, 0.2) is 31.0 Å². The van der Waals surface area contributed by atoms with E-state index in [9.17, 15) is 0 Å². The highest BCUT2D eigenvalue weighted by molar-refractivity contribution is 5.66. The molecule has 10 aromatic rings. The smallest absolute Gasteiger partial charge is 0.201 e. The number of pyridine rings is 5. The molecule has 524 valence electrons. The lowest BCUT2D eigenvalue weighted by Gasteiger charge is -2.29. The van der Waals surface area contributed by atoms with Gasteiger partial charge in [-0.3, -0.25) is 0 Å². The number of nitrogens with zero attached hydrogens (tertiary/aromatic N) is 5. The first-order valence-electron chi connectivity index (χ1n) is 39.5. The summed E-state index contributed by atoms with van der Waals surface area (Å²) >= 11 is 0. The van der Waals surface area contributed by atoms with Crippen molar-refractivity contribution in [3.63, 3.8) is 0 Å². The van der Waals surface area contributed by atoms with E-state index < -0.39 is 36.3 Å². The Morgan fingerprint density at radius 2 is 0.566 bits per heavy atom. The molecule has 0 saturated carbocycles. The highest BCUT2D eigenvalue weighted by Crippen LogP contribution is 2.37. The van der Waals surface area contributed by atoms with Crippen molar-refractivity contribution < 1.29 is 33.8 Å². The Morgan fingerprint density at radius 3 is 0.869 bits per heavy atom. The zero-order valence-electron chi connectivity index (χ0n) is 74.6. The number of benzene rings is 5. The largest absolute Gasteiger partial charge is 0.212 e. The standard InChI is InChI=1S/C21H30N.C20H28N.C19H26N.2C17H22N/c1-15-11-9-10-12-16(15)19-13-17(20(2,3)4)18(14-22(19)8)21(5,6)7;1-13(2)18-11-20(21(7)12-19(18)14(3)4)17-9-8-15(5)10-16(17)6;1-13(2)17-11-19(16-10-8-7-9-15(16)5)20(6)12-18(17)14(3)4;2*1-12(2)16-11-18(5)17(10-14(16)4)15-9-7-6-8-13(15)3/h9-14H,1-8H3;8-14H,1-7H3;7-14H,1-6H3;2*6-12H,1-5H3/q5*+1/i;5D3,13D,14D;13D,14D;12D;. The number of hydrogen-bond donors (Lipinski definition) is 0. The van der Waals surface area contributed by atoms with E-state index in [4.69, 9.17) is 11.0 Å². The fourth-order valence-electron chi connectivity index (χ4n) is 13.2. The van der Waals surface area contributed by atoms with Crippen LogP contribution in [0.25, 0.3) is 56.3 Å². The second-order valence-corrected chi connectivity index (χ2v) is 31.0. The van der Waals surface area contributed by atoms with Gasteiger partial charge in [-0.1, -0.05) is 215 Å². The Balaban J connectivity index is 0.000000210. The van der Waals surface area contributed by atoms with Crippen LogP contribution in [0.4, 0.5) is 0 Å². The maximum atomic E-state index is 8.53. The Labute approximate surface area is 614 Å². The molecule has 0 unspecified atom stereocenters. The van der Waals surface area contributed by atoms with Crippen LogP contribution in [0, 0.1) is 55.3 Å². The van der Waals surface area contributed by atoms with Crippen LogP contribution in [-0.2, 0) is 46.1 Å². The van der Waals surface area contributed by atoms with Crippen LogP contribution in [-0.4, -0.2) is 0 Å². The average Bonchev–Trinajstić information content (AvgIpc) is 0.797. The predicted octanol–water partition coefficient (Wildman–Crippen LogP) is 22.7. The SMILES string of the molecule is Cc1ccccc1-c1cc(C(C)(C)C)c(C(C)(C)C)c[n+]1C.Cc1ccccc1-c1cc(C)c(C(C)C)c[n+]1C.[2H]C(C)(C)c1c[n+](C)c(-c2ccccc2C)cc1C.[2H]C(C)(C)c1cc(-c2ccccc2C)[n+](C)cc1C([2H])(C)C.[2H]C([2H])([2H])c1ccc(-c2cc(C([2H])(C)C)c(C([2H])(C)C)c[n+]2C)c(C)c1. The number of aromatic nitrogens is 5. The van der Waals surface area contributed by atoms with Gasteiger partial charge in [-0.05, 0) is 188 Å². The molecule has 5 heterocycles. The van der Waals surface area contributed by atoms with Crippen molar-refractivity contribution in [2.75, 3.05) is 0 Å². The summed E-state index contributed by atoms with van der Waals surface area (Å²) in [6.45, 7) is 49.7. The molecule has 0 saturated heterocycles. The second-order valence-electron chi connectivity index (χ2n) is 31.0. The summed E-state index contributed by atoms with van der Waals surface area (Å²) in [5.74, 6) is -3.11. The van der Waals surface area contributed by atoms with Gasteiger partial charge < -0.3 is 0 Å². The van der Waals surface area contributed by atoms with Gasteiger partial charge in [0.25, 0.3) is 0 Å². The molecule has 0 bridgehead atoms. The molecule has 0 fully saturated rings. The van der Waals surface area contributed by atoms with Crippen molar-refractivity contribution in [2.24, 2.45) is 35.2 Å². The van der Waals surface area contributed by atoms with Gasteiger partial charge in [-0.2, -0.15) is 0 Å². The number of rotatable bonds is 11. The zero-order chi connectivity index (χ0) is 81.0. The van der Waals surface area contributed by atoms with Gasteiger partial charge in [0.1, 0.15) is 35.2 Å². The molecular weight excluding hydrogens is 1200 g/mol. The molecule has 5 aromatic heterocycles. The maximum absolute atomic E-state index is 8.53. The van der Waals surface area contributed by atoms with Gasteiger partial charge >= 0.3 is 0 Å². The average molecular weight is 1340 g/mol. The summed E-state index contributed by atoms with van der Waals surface area (Å²) in [4.78, 5) is 0. The Kier molecular flexibility index (Phi) is 23.5. The van der Waals surface area contributed by atoms with E-state index >= 15 is 0 Å². The molecule has 0 aliphatic heterocycles. The third kappa shape index (κ3) is 20.3. The molecular formula is C94H128N5+5. The normalized spacial score (nSPS) is 13.4. The molecule has 99 heavy (non-hydrogen) atoms. The van der Waals surface area contributed by atoms with Crippen LogP contribution in [0.2, 0.25) is 0 Å². The zero-order valence-corrected chi connectivity index (χ0v) is 66.6. The van der Waals surface area contributed by atoms with Crippen molar-refractivity contribution in [3.05, 3.63) is 266 Å². The second kappa shape index (κ2) is 34.3. The molecule has 5 aromatic carbocycles. The van der Waals surface area contributed by atoms with E-state index in [0.29, 0.717) is 11.5 Å². The van der Waals surface area contributed by atoms with E-state index in [0.717, 1.165) is 50.3 Å². The molecule has 5 heteroatoms. The first-order chi connectivity index (χ1) is 49.0. The lowest BCUT2D eigenvalue weighted by atomic mass is 9.75. The van der Waals surface area contributed by atoms with E-state index in [-0.39, 0.29) is 10.8 Å². The van der Waals surface area contributed by atoms with Gasteiger partial charge in [0.2, 0.25) is 28.5 Å². The molecule has 0 N–H and O–H groups in total. The van der Waals surface area contributed by atoms with E-state index in [1.807, 2.05) is 131 Å². The Bertz CT molecular complexity index is 4650. The minimum absolute atomic E-state index is 0.133. The minimum Gasteiger partial charge on any atom is -0.201 e. The predicted molar refractivity (Wildman–Crippen MR) is 425 cm³/mol. The fourth-order valence-corrected chi connectivity index (χ4v) is 13.2. The summed E-state index contributed by atoms with van der Waals surface area (Å²) in [7, 11) is 10.3. The van der Waals surface area contributed by atoms with Gasteiger partial charge in [0.05, 0.1) is 0 Å². The molecule has 0 amide bonds. The lowest BCUT2D eigenvalue weighted by molar-refractivity contribution is -0.661. The first kappa shape index (κ1) is 68.0. The van der Waals surface area contributed by atoms with Crippen molar-refractivity contribution in [3.8, 4) is 56.3 Å². The highest BCUT2D eigenvalue weighted by atomic mass is 14.9. The van der Waals surface area contributed by atoms with Crippen molar-refractivity contribution in [1.29, 1.82) is 0 Å². The maximum Gasteiger partial charge on any atom is 0.212 e.